The lowest BCUT2D eigenvalue weighted by molar-refractivity contribution is 0.0944. The van der Waals surface area contributed by atoms with Crippen LogP contribution in [-0.4, -0.2) is 29.8 Å². The molecule has 0 unspecified atom stereocenters. The van der Waals surface area contributed by atoms with Gasteiger partial charge in [-0.25, -0.2) is 4.79 Å². The maximum absolute atomic E-state index is 11.7. The Morgan fingerprint density at radius 3 is 2.75 bits per heavy atom. The first-order valence-electron chi connectivity index (χ1n) is 7.02. The molecule has 0 spiro atoms. The zero-order chi connectivity index (χ0) is 14.2. The lowest BCUT2D eigenvalue weighted by atomic mass is 9.93. The van der Waals surface area contributed by atoms with Crippen molar-refractivity contribution in [2.45, 2.75) is 37.8 Å². The Balaban J connectivity index is 1.71. The van der Waals surface area contributed by atoms with Crippen molar-refractivity contribution in [1.29, 1.82) is 0 Å². The van der Waals surface area contributed by atoms with Crippen LogP contribution in [0.25, 0.3) is 0 Å². The molecule has 0 saturated heterocycles. The molecule has 20 heavy (non-hydrogen) atoms. The van der Waals surface area contributed by atoms with E-state index in [4.69, 9.17) is 0 Å². The number of carbonyl (C=O) groups is 1. The van der Waals surface area contributed by atoms with Gasteiger partial charge >= 0.3 is 6.03 Å². The van der Waals surface area contributed by atoms with Crippen LogP contribution in [-0.2, 0) is 0 Å². The third-order valence-corrected chi connectivity index (χ3v) is 3.39. The van der Waals surface area contributed by atoms with Crippen LogP contribution < -0.4 is 10.6 Å². The summed E-state index contributed by atoms with van der Waals surface area (Å²) < 4.78 is 0. The summed E-state index contributed by atoms with van der Waals surface area (Å²) in [6.07, 6.45) is 3.26. The summed E-state index contributed by atoms with van der Waals surface area (Å²) >= 11 is 0. The summed E-state index contributed by atoms with van der Waals surface area (Å²) in [5, 5.41) is 15.3. The Morgan fingerprint density at radius 2 is 2.00 bits per heavy atom. The van der Waals surface area contributed by atoms with Crippen molar-refractivity contribution in [1.82, 2.24) is 10.6 Å². The molecule has 2 atom stereocenters. The van der Waals surface area contributed by atoms with E-state index in [9.17, 15) is 9.90 Å². The normalized spacial score (nSPS) is 21.4. The molecule has 4 heteroatoms. The number of hydrogen-bond donors (Lipinski definition) is 3. The number of amides is 2. The second kappa shape index (κ2) is 7.56. The van der Waals surface area contributed by atoms with Gasteiger partial charge in [-0.2, -0.15) is 0 Å². The zero-order valence-electron chi connectivity index (χ0n) is 11.4. The highest BCUT2D eigenvalue weighted by Crippen LogP contribution is 2.17. The Labute approximate surface area is 119 Å². The van der Waals surface area contributed by atoms with E-state index in [2.05, 4.69) is 22.5 Å². The maximum Gasteiger partial charge on any atom is 0.315 e. The van der Waals surface area contributed by atoms with Crippen LogP contribution in [0.5, 0.6) is 0 Å². The summed E-state index contributed by atoms with van der Waals surface area (Å²) in [6.45, 7) is 0.295. The number of carbonyl (C=O) groups excluding carboxylic acids is 1. The van der Waals surface area contributed by atoms with E-state index in [0.29, 0.717) is 6.54 Å². The SMILES string of the molecule is O=C(NCC#Cc1ccccc1)N[C@H]1CCCC[C@@H]1O. The van der Waals surface area contributed by atoms with Gasteiger partial charge in [-0.3, -0.25) is 0 Å². The molecule has 1 aliphatic rings. The molecule has 1 fully saturated rings. The van der Waals surface area contributed by atoms with Crippen molar-refractivity contribution in [3.8, 4) is 11.8 Å². The topological polar surface area (TPSA) is 61.4 Å². The molecule has 0 bridgehead atoms. The van der Waals surface area contributed by atoms with Crippen LogP contribution in [0.1, 0.15) is 31.2 Å². The summed E-state index contributed by atoms with van der Waals surface area (Å²) in [5.41, 5.74) is 0.928. The summed E-state index contributed by atoms with van der Waals surface area (Å²) in [7, 11) is 0. The first kappa shape index (κ1) is 14.4. The zero-order valence-corrected chi connectivity index (χ0v) is 11.4. The number of rotatable bonds is 2. The van der Waals surface area contributed by atoms with Crippen molar-refractivity contribution in [2.24, 2.45) is 0 Å². The highest BCUT2D eigenvalue weighted by atomic mass is 16.3. The van der Waals surface area contributed by atoms with Crippen molar-refractivity contribution < 1.29 is 9.90 Å². The molecule has 1 saturated carbocycles. The third-order valence-electron chi connectivity index (χ3n) is 3.39. The smallest absolute Gasteiger partial charge is 0.315 e. The Hall–Kier alpha value is -1.99. The van der Waals surface area contributed by atoms with Gasteiger partial charge in [0.1, 0.15) is 0 Å². The van der Waals surface area contributed by atoms with E-state index in [0.717, 1.165) is 31.2 Å². The Kier molecular flexibility index (Phi) is 5.45. The van der Waals surface area contributed by atoms with Gasteiger partial charge in [0.2, 0.25) is 0 Å². The van der Waals surface area contributed by atoms with Crippen molar-refractivity contribution in [3.05, 3.63) is 35.9 Å². The lowest BCUT2D eigenvalue weighted by Gasteiger charge is -2.28. The number of benzene rings is 1. The number of hydrogen-bond acceptors (Lipinski definition) is 2. The van der Waals surface area contributed by atoms with Crippen LogP contribution in [0, 0.1) is 11.8 Å². The van der Waals surface area contributed by atoms with E-state index in [1.807, 2.05) is 30.3 Å². The molecule has 2 rings (SSSR count). The van der Waals surface area contributed by atoms with Crippen molar-refractivity contribution in [2.75, 3.05) is 6.54 Å². The number of urea groups is 1. The highest BCUT2D eigenvalue weighted by Gasteiger charge is 2.23. The molecule has 4 nitrogen and oxygen atoms in total. The van der Waals surface area contributed by atoms with Gasteiger partial charge in [0.15, 0.2) is 0 Å². The van der Waals surface area contributed by atoms with Crippen LogP contribution in [0.2, 0.25) is 0 Å². The maximum atomic E-state index is 11.7. The van der Waals surface area contributed by atoms with E-state index < -0.39 is 6.10 Å². The van der Waals surface area contributed by atoms with E-state index >= 15 is 0 Å². The standard InChI is InChI=1S/C16H20N2O2/c19-15-11-5-4-10-14(15)18-16(20)17-12-6-9-13-7-2-1-3-8-13/h1-3,7-8,14-15,19H,4-5,10-12H2,(H2,17,18,20)/t14-,15-/m0/s1. The second-order valence-corrected chi connectivity index (χ2v) is 4.95. The fraction of sp³-hybridized carbons (Fsp3) is 0.438. The lowest BCUT2D eigenvalue weighted by Crippen LogP contribution is -2.49. The van der Waals surface area contributed by atoms with E-state index in [1.165, 1.54) is 0 Å². The second-order valence-electron chi connectivity index (χ2n) is 4.95. The van der Waals surface area contributed by atoms with Crippen molar-refractivity contribution >= 4 is 6.03 Å². The van der Waals surface area contributed by atoms with Crippen molar-refractivity contribution in [3.63, 3.8) is 0 Å². The minimum absolute atomic E-state index is 0.133. The number of aliphatic hydroxyl groups excluding tert-OH is 1. The first-order chi connectivity index (χ1) is 9.75. The summed E-state index contributed by atoms with van der Waals surface area (Å²) in [4.78, 5) is 11.7. The molecule has 2 amide bonds. The van der Waals surface area contributed by atoms with E-state index in [-0.39, 0.29) is 12.1 Å². The molecule has 3 N–H and O–H groups in total. The highest BCUT2D eigenvalue weighted by molar-refractivity contribution is 5.74. The minimum Gasteiger partial charge on any atom is -0.391 e. The van der Waals surface area contributed by atoms with Gasteiger partial charge < -0.3 is 15.7 Å². The van der Waals surface area contributed by atoms with Gasteiger partial charge in [-0.15, -0.1) is 0 Å². The van der Waals surface area contributed by atoms with Crippen LogP contribution in [0.3, 0.4) is 0 Å². The average Bonchev–Trinajstić information content (AvgIpc) is 2.47. The van der Waals surface area contributed by atoms with Gasteiger partial charge in [0, 0.05) is 5.56 Å². The molecule has 0 aliphatic heterocycles. The van der Waals surface area contributed by atoms with Crippen LogP contribution in [0.15, 0.2) is 30.3 Å². The first-order valence-corrected chi connectivity index (χ1v) is 7.02. The molecule has 0 radical (unpaired) electrons. The average molecular weight is 272 g/mol. The molecule has 1 aromatic rings. The van der Waals surface area contributed by atoms with Crippen LogP contribution >= 0.6 is 0 Å². The van der Waals surface area contributed by atoms with Gasteiger partial charge in [-0.1, -0.05) is 42.9 Å². The largest absolute Gasteiger partial charge is 0.391 e. The fourth-order valence-corrected chi connectivity index (χ4v) is 2.29. The van der Waals surface area contributed by atoms with Crippen LogP contribution in [0.4, 0.5) is 4.79 Å². The number of aliphatic hydroxyl groups is 1. The number of nitrogens with one attached hydrogen (secondary N) is 2. The Bertz CT molecular complexity index is 490. The predicted molar refractivity (Wildman–Crippen MR) is 78.1 cm³/mol. The van der Waals surface area contributed by atoms with Gasteiger partial charge in [-0.05, 0) is 25.0 Å². The fourth-order valence-electron chi connectivity index (χ4n) is 2.29. The minimum atomic E-state index is -0.426. The molecule has 106 valence electrons. The van der Waals surface area contributed by atoms with E-state index in [1.54, 1.807) is 0 Å². The molecular formula is C16H20N2O2. The summed E-state index contributed by atoms with van der Waals surface area (Å²) in [5.74, 6) is 5.87. The molecule has 1 aliphatic carbocycles. The van der Waals surface area contributed by atoms with Gasteiger partial charge in [0.05, 0.1) is 18.7 Å². The molecular weight excluding hydrogens is 252 g/mol. The molecule has 0 aromatic heterocycles. The Morgan fingerprint density at radius 1 is 1.25 bits per heavy atom. The monoisotopic (exact) mass is 272 g/mol. The quantitative estimate of drug-likeness (QED) is 0.717. The molecule has 0 heterocycles. The predicted octanol–water partition coefficient (Wildman–Crippen LogP) is 1.64. The van der Waals surface area contributed by atoms with Gasteiger partial charge in [0.25, 0.3) is 0 Å². The third kappa shape index (κ3) is 4.60. The summed E-state index contributed by atoms with van der Waals surface area (Å²) in [6, 6.07) is 9.23. The molecule has 1 aromatic carbocycles.